The zero-order chi connectivity index (χ0) is 12.5. The fourth-order valence-corrected chi connectivity index (χ4v) is 1.97. The molecule has 1 unspecified atom stereocenters. The number of rotatable bonds is 8. The molecule has 0 saturated carbocycles. The maximum Gasteiger partial charge on any atom is -0.000835 e. The van der Waals surface area contributed by atoms with Crippen LogP contribution < -0.4 is 5.32 Å². The van der Waals surface area contributed by atoms with Gasteiger partial charge in [0, 0.05) is 0 Å². The lowest BCUT2D eigenvalue weighted by Crippen LogP contribution is -2.18. The van der Waals surface area contributed by atoms with Crippen LogP contribution >= 0.6 is 12.6 Å². The third-order valence-corrected chi connectivity index (χ3v) is 3.58. The zero-order valence-corrected chi connectivity index (χ0v) is 12.0. The van der Waals surface area contributed by atoms with Crippen molar-refractivity contribution in [1.29, 1.82) is 0 Å². The smallest absolute Gasteiger partial charge is 0.000835 e. The quantitative estimate of drug-likeness (QED) is 0.531. The third-order valence-electron chi connectivity index (χ3n) is 3.26. The Morgan fingerprint density at radius 2 is 1.88 bits per heavy atom. The third kappa shape index (κ3) is 5.60. The van der Waals surface area contributed by atoms with E-state index in [9.17, 15) is 0 Å². The Morgan fingerprint density at radius 3 is 2.47 bits per heavy atom. The van der Waals surface area contributed by atoms with Crippen molar-refractivity contribution in [2.24, 2.45) is 0 Å². The van der Waals surface area contributed by atoms with E-state index >= 15 is 0 Å². The van der Waals surface area contributed by atoms with E-state index < -0.39 is 0 Å². The van der Waals surface area contributed by atoms with Gasteiger partial charge in [-0.3, -0.25) is 0 Å². The van der Waals surface area contributed by atoms with Gasteiger partial charge in [0.1, 0.15) is 0 Å². The molecule has 0 aliphatic heterocycles. The van der Waals surface area contributed by atoms with Crippen LogP contribution in [0, 0.1) is 0 Å². The van der Waals surface area contributed by atoms with Gasteiger partial charge in [-0.25, -0.2) is 0 Å². The van der Waals surface area contributed by atoms with Crippen LogP contribution in [0.3, 0.4) is 0 Å². The van der Waals surface area contributed by atoms with Crippen molar-refractivity contribution in [2.75, 3.05) is 18.8 Å². The molecule has 2 heteroatoms. The van der Waals surface area contributed by atoms with Crippen LogP contribution in [0.25, 0.3) is 0 Å². The second kappa shape index (κ2) is 8.60. The summed E-state index contributed by atoms with van der Waals surface area (Å²) in [7, 11) is 0. The molecule has 1 rings (SSSR count). The first-order valence-corrected chi connectivity index (χ1v) is 7.31. The molecule has 17 heavy (non-hydrogen) atoms. The van der Waals surface area contributed by atoms with Crippen LogP contribution in [-0.4, -0.2) is 18.8 Å². The van der Waals surface area contributed by atoms with Gasteiger partial charge < -0.3 is 5.32 Å². The number of thiol groups is 1. The minimum Gasteiger partial charge on any atom is -0.316 e. The molecule has 0 amide bonds. The summed E-state index contributed by atoms with van der Waals surface area (Å²) in [4.78, 5) is 0. The Bertz CT molecular complexity index is 294. The first-order valence-electron chi connectivity index (χ1n) is 6.68. The predicted molar refractivity (Wildman–Crippen MR) is 80.2 cm³/mol. The highest BCUT2D eigenvalue weighted by Crippen LogP contribution is 2.18. The van der Waals surface area contributed by atoms with E-state index in [-0.39, 0.29) is 0 Å². The van der Waals surface area contributed by atoms with Gasteiger partial charge in [-0.05, 0) is 55.1 Å². The zero-order valence-electron chi connectivity index (χ0n) is 11.1. The maximum absolute atomic E-state index is 4.19. The van der Waals surface area contributed by atoms with Gasteiger partial charge in [-0.2, -0.15) is 12.6 Å². The van der Waals surface area contributed by atoms with Crippen molar-refractivity contribution < 1.29 is 0 Å². The van der Waals surface area contributed by atoms with Crippen LogP contribution in [0.5, 0.6) is 0 Å². The summed E-state index contributed by atoms with van der Waals surface area (Å²) in [5.41, 5.74) is 2.88. The molecule has 0 bridgehead atoms. The number of benzene rings is 1. The topological polar surface area (TPSA) is 12.0 Å². The van der Waals surface area contributed by atoms with Gasteiger partial charge in [0.15, 0.2) is 0 Å². The maximum atomic E-state index is 4.19. The van der Waals surface area contributed by atoms with E-state index in [1.807, 2.05) is 0 Å². The second-order valence-corrected chi connectivity index (χ2v) is 5.08. The highest BCUT2D eigenvalue weighted by atomic mass is 32.1. The van der Waals surface area contributed by atoms with Crippen molar-refractivity contribution in [3.05, 3.63) is 35.4 Å². The summed E-state index contributed by atoms with van der Waals surface area (Å²) in [5.74, 6) is 1.65. The highest BCUT2D eigenvalue weighted by Gasteiger charge is 2.01. The second-order valence-electron chi connectivity index (χ2n) is 4.63. The first-order chi connectivity index (χ1) is 8.27. The molecule has 0 heterocycles. The minimum absolute atomic E-state index is 0.678. The van der Waals surface area contributed by atoms with Gasteiger partial charge in [0.25, 0.3) is 0 Å². The fraction of sp³-hybridized carbons (Fsp3) is 0.600. The van der Waals surface area contributed by atoms with Crippen LogP contribution in [0.2, 0.25) is 0 Å². The lowest BCUT2D eigenvalue weighted by Gasteiger charge is -2.10. The molecule has 0 radical (unpaired) electrons. The number of hydrogen-bond donors (Lipinski definition) is 2. The van der Waals surface area contributed by atoms with Crippen molar-refractivity contribution in [2.45, 2.75) is 39.0 Å². The van der Waals surface area contributed by atoms with Crippen LogP contribution in [0.15, 0.2) is 24.3 Å². The molecule has 1 atom stereocenters. The van der Waals surface area contributed by atoms with Crippen LogP contribution in [0.1, 0.15) is 43.7 Å². The molecular weight excluding hydrogens is 226 g/mol. The standard InChI is InChI=1S/C15H25NS/c1-3-13(2)15-7-5-14(6-8-15)9-11-16-10-4-12-17/h5-8,13,16-17H,3-4,9-12H2,1-2H3. The Hall–Kier alpha value is -0.470. The summed E-state index contributed by atoms with van der Waals surface area (Å²) in [6.45, 7) is 6.67. The number of hydrogen-bond acceptors (Lipinski definition) is 2. The van der Waals surface area contributed by atoms with E-state index in [1.54, 1.807) is 0 Å². The van der Waals surface area contributed by atoms with Crippen LogP contribution in [0.4, 0.5) is 0 Å². The summed E-state index contributed by atoms with van der Waals surface area (Å²) >= 11 is 4.19. The molecule has 1 aromatic carbocycles. The van der Waals surface area contributed by atoms with E-state index in [0.717, 1.165) is 31.7 Å². The lowest BCUT2D eigenvalue weighted by molar-refractivity contribution is 0.674. The first kappa shape index (κ1) is 14.6. The van der Waals surface area contributed by atoms with Gasteiger partial charge in [0.05, 0.1) is 0 Å². The lowest BCUT2D eigenvalue weighted by atomic mass is 9.97. The van der Waals surface area contributed by atoms with Crippen molar-refractivity contribution in [1.82, 2.24) is 5.32 Å². The van der Waals surface area contributed by atoms with Crippen LogP contribution in [-0.2, 0) is 6.42 Å². The summed E-state index contributed by atoms with van der Waals surface area (Å²) in [6, 6.07) is 9.08. The fourth-order valence-electron chi connectivity index (χ4n) is 1.81. The predicted octanol–water partition coefficient (Wildman–Crippen LogP) is 3.65. The molecule has 0 aliphatic rings. The molecular formula is C15H25NS. The normalized spacial score (nSPS) is 12.6. The molecule has 1 aromatic rings. The minimum atomic E-state index is 0.678. The molecule has 1 nitrogen and oxygen atoms in total. The molecule has 0 saturated heterocycles. The van der Waals surface area contributed by atoms with E-state index in [1.165, 1.54) is 17.5 Å². The van der Waals surface area contributed by atoms with Gasteiger partial charge in [-0.1, -0.05) is 38.1 Å². The van der Waals surface area contributed by atoms with Crippen molar-refractivity contribution in [3.63, 3.8) is 0 Å². The Labute approximate surface area is 111 Å². The largest absolute Gasteiger partial charge is 0.316 e. The molecule has 0 aromatic heterocycles. The Kier molecular flexibility index (Phi) is 7.38. The van der Waals surface area contributed by atoms with E-state index in [2.05, 4.69) is 56.1 Å². The van der Waals surface area contributed by atoms with Gasteiger partial charge in [-0.15, -0.1) is 0 Å². The molecule has 96 valence electrons. The molecule has 0 fully saturated rings. The average molecular weight is 251 g/mol. The molecule has 0 aliphatic carbocycles. The summed E-state index contributed by atoms with van der Waals surface area (Å²) in [5, 5.41) is 3.43. The van der Waals surface area contributed by atoms with Gasteiger partial charge >= 0.3 is 0 Å². The van der Waals surface area contributed by atoms with Gasteiger partial charge in [0.2, 0.25) is 0 Å². The van der Waals surface area contributed by atoms with E-state index in [4.69, 9.17) is 0 Å². The monoisotopic (exact) mass is 251 g/mol. The van der Waals surface area contributed by atoms with E-state index in [0.29, 0.717) is 5.92 Å². The van der Waals surface area contributed by atoms with Crippen molar-refractivity contribution >= 4 is 12.6 Å². The SMILES string of the molecule is CCC(C)c1ccc(CCNCCCS)cc1. The summed E-state index contributed by atoms with van der Waals surface area (Å²) < 4.78 is 0. The number of nitrogens with one attached hydrogen (secondary N) is 1. The van der Waals surface area contributed by atoms with Crippen molar-refractivity contribution in [3.8, 4) is 0 Å². The molecule has 0 spiro atoms. The molecule has 1 N–H and O–H groups in total. The highest BCUT2D eigenvalue weighted by molar-refractivity contribution is 7.80. The Morgan fingerprint density at radius 1 is 1.18 bits per heavy atom. The average Bonchev–Trinajstić information content (AvgIpc) is 2.38. The Balaban J connectivity index is 2.30. The summed E-state index contributed by atoms with van der Waals surface area (Å²) in [6.07, 6.45) is 3.48.